The van der Waals surface area contributed by atoms with Gasteiger partial charge in [-0.25, -0.2) is 0 Å². The van der Waals surface area contributed by atoms with Crippen LogP contribution in [0.5, 0.6) is 0 Å². The average molecular weight is 196 g/mol. The van der Waals surface area contributed by atoms with Gasteiger partial charge in [-0.3, -0.25) is 0 Å². The van der Waals surface area contributed by atoms with Crippen LogP contribution in [-0.2, 0) is 4.74 Å². The molecule has 3 N–H and O–H groups in total. The molecule has 0 bridgehead atoms. The van der Waals surface area contributed by atoms with Gasteiger partial charge in [0.25, 0.3) is 0 Å². The van der Waals surface area contributed by atoms with Crippen molar-refractivity contribution in [3.63, 3.8) is 0 Å². The molecule has 0 saturated heterocycles. The van der Waals surface area contributed by atoms with E-state index in [1.807, 2.05) is 6.07 Å². The number of hydrogen-bond donors (Lipinski definition) is 2. The summed E-state index contributed by atoms with van der Waals surface area (Å²) in [6.45, 7) is 2.80. The van der Waals surface area contributed by atoms with Gasteiger partial charge >= 0.3 is 0 Å². The van der Waals surface area contributed by atoms with Gasteiger partial charge in [0.1, 0.15) is 11.6 Å². The van der Waals surface area contributed by atoms with E-state index in [1.165, 1.54) is 0 Å². The molecule has 1 unspecified atom stereocenters. The summed E-state index contributed by atoms with van der Waals surface area (Å²) in [4.78, 5) is 0. The van der Waals surface area contributed by atoms with Gasteiger partial charge in [-0.05, 0) is 25.5 Å². The molecule has 14 heavy (non-hydrogen) atoms. The molecule has 0 aromatic carbocycles. The first-order chi connectivity index (χ1) is 6.72. The van der Waals surface area contributed by atoms with Crippen LogP contribution in [0.2, 0.25) is 0 Å². The maximum absolute atomic E-state index is 5.42. The molecule has 1 aromatic heterocycles. The maximum Gasteiger partial charge on any atom is 0.149 e. The van der Waals surface area contributed by atoms with Gasteiger partial charge < -0.3 is 15.8 Å². The molecule has 0 fully saturated rings. The topological polar surface area (TPSA) is 73.1 Å². The SMILES string of the molecule is COCCC(C)Nc1ccc(N)nn1. The third kappa shape index (κ3) is 3.57. The fourth-order valence-corrected chi connectivity index (χ4v) is 1.04. The van der Waals surface area contributed by atoms with Crippen LogP contribution in [0.25, 0.3) is 0 Å². The highest BCUT2D eigenvalue weighted by Crippen LogP contribution is 2.06. The van der Waals surface area contributed by atoms with Crippen molar-refractivity contribution in [2.24, 2.45) is 0 Å². The number of nitrogens with zero attached hydrogens (tertiary/aromatic N) is 2. The summed E-state index contributed by atoms with van der Waals surface area (Å²) in [6.07, 6.45) is 0.933. The van der Waals surface area contributed by atoms with Crippen molar-refractivity contribution in [1.29, 1.82) is 0 Å². The number of nitrogens with two attached hydrogens (primary N) is 1. The Morgan fingerprint density at radius 2 is 2.29 bits per heavy atom. The van der Waals surface area contributed by atoms with E-state index in [4.69, 9.17) is 10.5 Å². The third-order valence-electron chi connectivity index (χ3n) is 1.83. The summed E-state index contributed by atoms with van der Waals surface area (Å²) in [5.41, 5.74) is 5.42. The summed E-state index contributed by atoms with van der Waals surface area (Å²) in [7, 11) is 1.69. The zero-order valence-electron chi connectivity index (χ0n) is 8.53. The zero-order valence-corrected chi connectivity index (χ0v) is 8.53. The van der Waals surface area contributed by atoms with Crippen LogP contribution in [0.3, 0.4) is 0 Å². The van der Waals surface area contributed by atoms with Gasteiger partial charge in [-0.2, -0.15) is 0 Å². The van der Waals surface area contributed by atoms with Crippen LogP contribution in [0.4, 0.5) is 11.6 Å². The molecule has 1 rings (SSSR count). The van der Waals surface area contributed by atoms with Crippen LogP contribution in [0.15, 0.2) is 12.1 Å². The zero-order chi connectivity index (χ0) is 10.4. The second-order valence-corrected chi connectivity index (χ2v) is 3.17. The Morgan fingerprint density at radius 3 is 2.86 bits per heavy atom. The van der Waals surface area contributed by atoms with Crippen molar-refractivity contribution in [3.8, 4) is 0 Å². The lowest BCUT2D eigenvalue weighted by molar-refractivity contribution is 0.191. The molecule has 0 aliphatic heterocycles. The van der Waals surface area contributed by atoms with E-state index in [0.29, 0.717) is 11.9 Å². The molecule has 0 amide bonds. The van der Waals surface area contributed by atoms with Gasteiger partial charge in [-0.15, -0.1) is 10.2 Å². The monoisotopic (exact) mass is 196 g/mol. The molecule has 78 valence electrons. The average Bonchev–Trinajstić information content (AvgIpc) is 2.18. The Hall–Kier alpha value is -1.36. The fourth-order valence-electron chi connectivity index (χ4n) is 1.04. The third-order valence-corrected chi connectivity index (χ3v) is 1.83. The van der Waals surface area contributed by atoms with Crippen LogP contribution in [0, 0.1) is 0 Å². The van der Waals surface area contributed by atoms with E-state index < -0.39 is 0 Å². The van der Waals surface area contributed by atoms with E-state index in [9.17, 15) is 0 Å². The highest BCUT2D eigenvalue weighted by atomic mass is 16.5. The smallest absolute Gasteiger partial charge is 0.149 e. The first-order valence-corrected chi connectivity index (χ1v) is 4.57. The Kier molecular flexibility index (Phi) is 4.12. The number of anilines is 2. The minimum absolute atomic E-state index is 0.313. The molecular formula is C9H16N4O. The quantitative estimate of drug-likeness (QED) is 0.731. The Bertz CT molecular complexity index is 262. The normalized spacial score (nSPS) is 12.4. The number of nitrogen functional groups attached to an aromatic ring is 1. The summed E-state index contributed by atoms with van der Waals surface area (Å²) < 4.78 is 4.97. The van der Waals surface area contributed by atoms with Crippen LogP contribution >= 0.6 is 0 Å². The molecule has 0 aliphatic rings. The number of ether oxygens (including phenoxy) is 1. The molecule has 0 spiro atoms. The van der Waals surface area contributed by atoms with Crippen LogP contribution in [-0.4, -0.2) is 30.0 Å². The molecule has 5 nitrogen and oxygen atoms in total. The summed E-state index contributed by atoms with van der Waals surface area (Å²) in [5, 5.41) is 10.8. The molecule has 0 saturated carbocycles. The van der Waals surface area contributed by atoms with Crippen molar-refractivity contribution in [2.45, 2.75) is 19.4 Å². The molecule has 1 heterocycles. The standard InChI is InChI=1S/C9H16N4O/c1-7(5-6-14-2)11-9-4-3-8(10)12-13-9/h3-4,7H,5-6H2,1-2H3,(H2,10,12)(H,11,13). The lowest BCUT2D eigenvalue weighted by Crippen LogP contribution is -2.18. The first kappa shape index (κ1) is 10.7. The van der Waals surface area contributed by atoms with Gasteiger partial charge in [0, 0.05) is 19.8 Å². The van der Waals surface area contributed by atoms with E-state index in [0.717, 1.165) is 18.8 Å². The van der Waals surface area contributed by atoms with Crippen molar-refractivity contribution in [3.05, 3.63) is 12.1 Å². The van der Waals surface area contributed by atoms with Crippen molar-refractivity contribution in [1.82, 2.24) is 10.2 Å². The number of methoxy groups -OCH3 is 1. The minimum Gasteiger partial charge on any atom is -0.385 e. The van der Waals surface area contributed by atoms with E-state index >= 15 is 0 Å². The fraction of sp³-hybridized carbons (Fsp3) is 0.556. The maximum atomic E-state index is 5.42. The number of aromatic nitrogens is 2. The van der Waals surface area contributed by atoms with Crippen LogP contribution in [0.1, 0.15) is 13.3 Å². The molecule has 5 heteroatoms. The van der Waals surface area contributed by atoms with Crippen molar-refractivity contribution < 1.29 is 4.74 Å². The predicted molar refractivity (Wildman–Crippen MR) is 56.0 cm³/mol. The molecule has 0 aliphatic carbocycles. The summed E-state index contributed by atoms with van der Waals surface area (Å²) in [6, 6.07) is 3.84. The molecule has 0 radical (unpaired) electrons. The Morgan fingerprint density at radius 1 is 1.50 bits per heavy atom. The second kappa shape index (κ2) is 5.39. The number of hydrogen-bond acceptors (Lipinski definition) is 5. The van der Waals surface area contributed by atoms with Gasteiger partial charge in [0.05, 0.1) is 0 Å². The number of rotatable bonds is 5. The van der Waals surface area contributed by atoms with Gasteiger partial charge in [0.15, 0.2) is 0 Å². The largest absolute Gasteiger partial charge is 0.385 e. The molecule has 1 aromatic rings. The van der Waals surface area contributed by atoms with E-state index in [-0.39, 0.29) is 0 Å². The van der Waals surface area contributed by atoms with Crippen molar-refractivity contribution in [2.75, 3.05) is 24.8 Å². The van der Waals surface area contributed by atoms with E-state index in [2.05, 4.69) is 22.4 Å². The second-order valence-electron chi connectivity index (χ2n) is 3.17. The minimum atomic E-state index is 0.313. The highest BCUT2D eigenvalue weighted by molar-refractivity contribution is 5.38. The lowest BCUT2D eigenvalue weighted by atomic mass is 10.2. The highest BCUT2D eigenvalue weighted by Gasteiger charge is 2.02. The lowest BCUT2D eigenvalue weighted by Gasteiger charge is -2.12. The predicted octanol–water partition coefficient (Wildman–Crippen LogP) is 0.896. The van der Waals surface area contributed by atoms with Crippen molar-refractivity contribution >= 4 is 11.6 Å². The number of nitrogens with one attached hydrogen (secondary N) is 1. The molecular weight excluding hydrogens is 180 g/mol. The molecule has 1 atom stereocenters. The summed E-state index contributed by atoms with van der Waals surface area (Å²) in [5.74, 6) is 1.17. The Labute approximate surface area is 83.7 Å². The summed E-state index contributed by atoms with van der Waals surface area (Å²) >= 11 is 0. The first-order valence-electron chi connectivity index (χ1n) is 4.57. The van der Waals surface area contributed by atoms with Gasteiger partial charge in [-0.1, -0.05) is 0 Å². The Balaban J connectivity index is 2.39. The van der Waals surface area contributed by atoms with Gasteiger partial charge in [0.2, 0.25) is 0 Å². The van der Waals surface area contributed by atoms with Crippen LogP contribution < -0.4 is 11.1 Å². The van der Waals surface area contributed by atoms with E-state index in [1.54, 1.807) is 13.2 Å².